The van der Waals surface area contributed by atoms with Gasteiger partial charge in [-0.05, 0) is 36.6 Å². The number of aliphatic hydroxyl groups excluding tert-OH is 1. The molecule has 1 aromatic carbocycles. The fourth-order valence-corrected chi connectivity index (χ4v) is 1.96. The number of hydrogen-bond donors (Lipinski definition) is 1. The molecule has 1 aliphatic rings. The summed E-state index contributed by atoms with van der Waals surface area (Å²) in [6.45, 7) is 0. The van der Waals surface area contributed by atoms with Crippen molar-refractivity contribution in [2.24, 2.45) is 0 Å². The maximum Gasteiger partial charge on any atom is 0.129 e. The van der Waals surface area contributed by atoms with Gasteiger partial charge in [0.05, 0.1) is 6.10 Å². The number of halogens is 1. The predicted octanol–water partition coefficient (Wildman–Crippen LogP) is 3.36. The Morgan fingerprint density at radius 1 is 1.11 bits per heavy atom. The zero-order valence-corrected chi connectivity index (χ0v) is 11.0. The number of ether oxygens (including phenoxy) is 1. The number of benzene rings is 1. The second-order valence-corrected chi connectivity index (χ2v) is 5.09. The molecule has 0 amide bonds. The first kappa shape index (κ1) is 12.5. The monoisotopic (exact) mass is 275 g/mol. The molecule has 4 heteroatoms. The first-order chi connectivity index (χ1) is 9.22. The van der Waals surface area contributed by atoms with Gasteiger partial charge in [0.2, 0.25) is 0 Å². The maximum absolute atomic E-state index is 10.2. The van der Waals surface area contributed by atoms with Crippen LogP contribution in [0.4, 0.5) is 0 Å². The van der Waals surface area contributed by atoms with Crippen LogP contribution in [0.3, 0.4) is 0 Å². The summed E-state index contributed by atoms with van der Waals surface area (Å²) in [6.07, 6.45) is 3.56. The van der Waals surface area contributed by atoms with Gasteiger partial charge >= 0.3 is 0 Å². The molecular formula is C15H14ClNO2. The number of hydrogen-bond acceptors (Lipinski definition) is 3. The largest absolute Gasteiger partial charge is 0.490 e. The van der Waals surface area contributed by atoms with Gasteiger partial charge in [-0.25, -0.2) is 4.98 Å². The van der Waals surface area contributed by atoms with Crippen molar-refractivity contribution in [1.29, 1.82) is 0 Å². The van der Waals surface area contributed by atoms with Crippen molar-refractivity contribution in [1.82, 2.24) is 4.98 Å². The average molecular weight is 276 g/mol. The summed E-state index contributed by atoms with van der Waals surface area (Å²) in [6, 6.07) is 11.0. The van der Waals surface area contributed by atoms with E-state index < -0.39 is 6.10 Å². The van der Waals surface area contributed by atoms with Crippen LogP contribution < -0.4 is 4.74 Å². The van der Waals surface area contributed by atoms with Crippen LogP contribution in [0.15, 0.2) is 42.6 Å². The van der Waals surface area contributed by atoms with Crippen LogP contribution in [0.1, 0.15) is 30.1 Å². The van der Waals surface area contributed by atoms with Gasteiger partial charge in [-0.3, -0.25) is 0 Å². The number of pyridine rings is 1. The van der Waals surface area contributed by atoms with Crippen molar-refractivity contribution in [3.63, 3.8) is 0 Å². The normalized spacial score (nSPS) is 16.1. The quantitative estimate of drug-likeness (QED) is 0.870. The molecule has 0 radical (unpaired) electrons. The SMILES string of the molecule is OC(c1ccc(OC2CC2)cc1)c1ccc(Cl)nc1. The Hall–Kier alpha value is -1.58. The summed E-state index contributed by atoms with van der Waals surface area (Å²) in [7, 11) is 0. The molecule has 0 spiro atoms. The lowest BCUT2D eigenvalue weighted by Crippen LogP contribution is -2.01. The molecule has 3 nitrogen and oxygen atoms in total. The Kier molecular flexibility index (Phi) is 3.40. The molecule has 0 bridgehead atoms. The van der Waals surface area contributed by atoms with E-state index in [-0.39, 0.29) is 0 Å². The molecular weight excluding hydrogens is 262 g/mol. The molecule has 98 valence electrons. The molecule has 1 N–H and O–H groups in total. The number of aliphatic hydroxyl groups is 1. The Bertz CT molecular complexity index is 549. The van der Waals surface area contributed by atoms with Crippen LogP contribution in [0.25, 0.3) is 0 Å². The van der Waals surface area contributed by atoms with Crippen LogP contribution in [-0.2, 0) is 0 Å². The van der Waals surface area contributed by atoms with Gasteiger partial charge in [-0.2, -0.15) is 0 Å². The predicted molar refractivity (Wildman–Crippen MR) is 73.4 cm³/mol. The van der Waals surface area contributed by atoms with Gasteiger partial charge in [0.15, 0.2) is 0 Å². The molecule has 1 unspecified atom stereocenters. The van der Waals surface area contributed by atoms with E-state index in [4.69, 9.17) is 16.3 Å². The van der Waals surface area contributed by atoms with Gasteiger partial charge in [0.25, 0.3) is 0 Å². The van der Waals surface area contributed by atoms with Crippen molar-refractivity contribution >= 4 is 11.6 Å². The van der Waals surface area contributed by atoms with E-state index in [9.17, 15) is 5.11 Å². The molecule has 0 aliphatic heterocycles. The van der Waals surface area contributed by atoms with Crippen molar-refractivity contribution in [3.05, 3.63) is 58.9 Å². The highest BCUT2D eigenvalue weighted by Gasteiger charge is 2.23. The topological polar surface area (TPSA) is 42.4 Å². The van der Waals surface area contributed by atoms with Gasteiger partial charge in [0, 0.05) is 11.8 Å². The van der Waals surface area contributed by atoms with E-state index >= 15 is 0 Å². The maximum atomic E-state index is 10.2. The first-order valence-electron chi connectivity index (χ1n) is 6.28. The highest BCUT2D eigenvalue weighted by Crippen LogP contribution is 2.28. The third-order valence-electron chi connectivity index (χ3n) is 3.09. The van der Waals surface area contributed by atoms with Gasteiger partial charge in [-0.15, -0.1) is 0 Å². The summed E-state index contributed by atoms with van der Waals surface area (Å²) >= 11 is 5.73. The summed E-state index contributed by atoms with van der Waals surface area (Å²) in [5.41, 5.74) is 1.53. The van der Waals surface area contributed by atoms with Gasteiger partial charge in [0.1, 0.15) is 17.0 Å². The van der Waals surface area contributed by atoms with E-state index in [1.54, 1.807) is 18.3 Å². The Balaban J connectivity index is 1.75. The van der Waals surface area contributed by atoms with Crippen LogP contribution in [-0.4, -0.2) is 16.2 Å². The molecule has 1 aliphatic carbocycles. The van der Waals surface area contributed by atoms with Crippen molar-refractivity contribution in [2.75, 3.05) is 0 Å². The van der Waals surface area contributed by atoms with Crippen LogP contribution in [0.5, 0.6) is 5.75 Å². The molecule has 1 fully saturated rings. The summed E-state index contributed by atoms with van der Waals surface area (Å²) in [5.74, 6) is 0.854. The first-order valence-corrected chi connectivity index (χ1v) is 6.66. The molecule has 19 heavy (non-hydrogen) atoms. The molecule has 2 aromatic rings. The van der Waals surface area contributed by atoms with Crippen molar-refractivity contribution < 1.29 is 9.84 Å². The third kappa shape index (κ3) is 3.06. The van der Waals surface area contributed by atoms with E-state index in [1.165, 1.54) is 0 Å². The Labute approximate surface area is 116 Å². The van der Waals surface area contributed by atoms with E-state index in [2.05, 4.69) is 4.98 Å². The molecule has 1 heterocycles. The fraction of sp³-hybridized carbons (Fsp3) is 0.267. The zero-order chi connectivity index (χ0) is 13.2. The van der Waals surface area contributed by atoms with Gasteiger partial charge < -0.3 is 9.84 Å². The minimum absolute atomic E-state index is 0.385. The minimum atomic E-state index is -0.695. The highest BCUT2D eigenvalue weighted by molar-refractivity contribution is 6.29. The van der Waals surface area contributed by atoms with E-state index in [1.807, 2.05) is 24.3 Å². The molecule has 1 atom stereocenters. The number of rotatable bonds is 4. The smallest absolute Gasteiger partial charge is 0.129 e. The molecule has 1 saturated carbocycles. The van der Waals surface area contributed by atoms with Crippen LogP contribution >= 0.6 is 11.6 Å². The van der Waals surface area contributed by atoms with Crippen LogP contribution in [0, 0.1) is 0 Å². The summed E-state index contributed by atoms with van der Waals surface area (Å²) in [5, 5.41) is 10.7. The lowest BCUT2D eigenvalue weighted by atomic mass is 10.0. The van der Waals surface area contributed by atoms with Crippen molar-refractivity contribution in [3.8, 4) is 5.75 Å². The Morgan fingerprint density at radius 2 is 1.79 bits per heavy atom. The minimum Gasteiger partial charge on any atom is -0.490 e. The van der Waals surface area contributed by atoms with Gasteiger partial charge in [-0.1, -0.05) is 29.8 Å². The molecule has 1 aromatic heterocycles. The molecule has 0 saturated heterocycles. The summed E-state index contributed by atoms with van der Waals surface area (Å²) < 4.78 is 5.67. The fourth-order valence-electron chi connectivity index (χ4n) is 1.85. The highest BCUT2D eigenvalue weighted by atomic mass is 35.5. The second kappa shape index (κ2) is 5.19. The molecule has 3 rings (SSSR count). The zero-order valence-electron chi connectivity index (χ0n) is 10.3. The second-order valence-electron chi connectivity index (χ2n) is 4.70. The van der Waals surface area contributed by atoms with E-state index in [0.29, 0.717) is 11.3 Å². The van der Waals surface area contributed by atoms with Crippen LogP contribution in [0.2, 0.25) is 5.15 Å². The Morgan fingerprint density at radius 3 is 2.37 bits per heavy atom. The average Bonchev–Trinajstić information content (AvgIpc) is 3.24. The lowest BCUT2D eigenvalue weighted by molar-refractivity contribution is 0.219. The number of nitrogens with zero attached hydrogens (tertiary/aromatic N) is 1. The summed E-state index contributed by atoms with van der Waals surface area (Å²) in [4.78, 5) is 3.97. The van der Waals surface area contributed by atoms with Crippen molar-refractivity contribution in [2.45, 2.75) is 25.0 Å². The lowest BCUT2D eigenvalue weighted by Gasteiger charge is -2.12. The third-order valence-corrected chi connectivity index (χ3v) is 3.31. The standard InChI is InChI=1S/C15H14ClNO2/c16-14-8-3-11(9-17-14)15(18)10-1-4-12(5-2-10)19-13-6-7-13/h1-5,8-9,13,15,18H,6-7H2. The van der Waals surface area contributed by atoms with E-state index in [0.717, 1.165) is 29.7 Å². The number of aromatic nitrogens is 1.